The van der Waals surface area contributed by atoms with Crippen molar-refractivity contribution in [1.82, 2.24) is 9.55 Å². The molecule has 98 valence electrons. The number of nitrogens with two attached hydrogens (primary N) is 1. The van der Waals surface area contributed by atoms with Crippen LogP contribution in [0.25, 0.3) is 11.0 Å². The van der Waals surface area contributed by atoms with Gasteiger partial charge in [0, 0.05) is 6.61 Å². The van der Waals surface area contributed by atoms with Crippen molar-refractivity contribution < 1.29 is 13.5 Å². The highest BCUT2D eigenvalue weighted by Crippen LogP contribution is 2.26. The van der Waals surface area contributed by atoms with Gasteiger partial charge in [0.15, 0.2) is 11.6 Å². The number of nitrogen functional groups attached to an aromatic ring is 1. The van der Waals surface area contributed by atoms with E-state index in [1.165, 1.54) is 10.6 Å². The first-order chi connectivity index (χ1) is 8.56. The van der Waals surface area contributed by atoms with Gasteiger partial charge in [-0.2, -0.15) is 0 Å². The molecule has 2 aromatic rings. The predicted molar refractivity (Wildman–Crippen MR) is 65.3 cm³/mol. The summed E-state index contributed by atoms with van der Waals surface area (Å²) in [7, 11) is 0. The van der Waals surface area contributed by atoms with Gasteiger partial charge in [0.25, 0.3) is 0 Å². The minimum atomic E-state index is -0.931. The molecular formula is C12H15F2N3O. The number of fused-ring (bicyclic) bond motifs is 1. The highest BCUT2D eigenvalue weighted by molar-refractivity contribution is 5.79. The summed E-state index contributed by atoms with van der Waals surface area (Å²) in [6.45, 7) is 4.59. The quantitative estimate of drug-likeness (QED) is 0.913. The normalized spacial score (nSPS) is 13.1. The second-order valence-corrected chi connectivity index (χ2v) is 4.08. The highest BCUT2D eigenvalue weighted by atomic mass is 19.2. The predicted octanol–water partition coefficient (Wildman–Crippen LogP) is 2.49. The van der Waals surface area contributed by atoms with E-state index in [2.05, 4.69) is 4.98 Å². The third-order valence-electron chi connectivity index (χ3n) is 2.77. The lowest BCUT2D eigenvalue weighted by atomic mass is 10.2. The van der Waals surface area contributed by atoms with E-state index in [0.29, 0.717) is 18.7 Å². The van der Waals surface area contributed by atoms with E-state index in [0.717, 1.165) is 6.07 Å². The van der Waals surface area contributed by atoms with Crippen molar-refractivity contribution in [2.75, 3.05) is 18.9 Å². The van der Waals surface area contributed by atoms with Gasteiger partial charge >= 0.3 is 0 Å². The summed E-state index contributed by atoms with van der Waals surface area (Å²) >= 11 is 0. The first-order valence-corrected chi connectivity index (χ1v) is 5.75. The Kier molecular flexibility index (Phi) is 3.47. The van der Waals surface area contributed by atoms with E-state index in [4.69, 9.17) is 10.5 Å². The van der Waals surface area contributed by atoms with Crippen LogP contribution in [0.15, 0.2) is 12.1 Å². The average molecular weight is 255 g/mol. The Hall–Kier alpha value is -1.69. The maximum absolute atomic E-state index is 13.8. The second-order valence-electron chi connectivity index (χ2n) is 4.08. The number of hydrogen-bond donors (Lipinski definition) is 1. The van der Waals surface area contributed by atoms with Crippen LogP contribution in [0.5, 0.6) is 0 Å². The van der Waals surface area contributed by atoms with Crippen LogP contribution in [-0.4, -0.2) is 22.8 Å². The fraction of sp³-hybridized carbons (Fsp3) is 0.417. The standard InChI is InChI=1S/C12H15F2N3O/c1-3-18-6-7(2)17-11-9(16-12(17)15)5-4-8(13)10(11)14/h4-5,7H,3,6H2,1-2H3,(H2,15,16). The summed E-state index contributed by atoms with van der Waals surface area (Å²) < 4.78 is 33.8. The van der Waals surface area contributed by atoms with Crippen molar-refractivity contribution in [3.8, 4) is 0 Å². The van der Waals surface area contributed by atoms with Crippen LogP contribution in [0.2, 0.25) is 0 Å². The van der Waals surface area contributed by atoms with E-state index in [1.54, 1.807) is 0 Å². The van der Waals surface area contributed by atoms with Crippen molar-refractivity contribution in [2.45, 2.75) is 19.9 Å². The average Bonchev–Trinajstić information content (AvgIpc) is 2.68. The lowest BCUT2D eigenvalue weighted by Gasteiger charge is -2.16. The summed E-state index contributed by atoms with van der Waals surface area (Å²) in [5.41, 5.74) is 6.18. The van der Waals surface area contributed by atoms with Crippen molar-refractivity contribution >= 4 is 17.0 Å². The second kappa shape index (κ2) is 4.89. The Bertz CT molecular complexity index is 568. The minimum Gasteiger partial charge on any atom is -0.380 e. The Morgan fingerprint density at radius 2 is 2.17 bits per heavy atom. The molecule has 0 radical (unpaired) electrons. The number of aromatic nitrogens is 2. The van der Waals surface area contributed by atoms with E-state index in [9.17, 15) is 8.78 Å². The van der Waals surface area contributed by atoms with Crippen LogP contribution >= 0.6 is 0 Å². The molecule has 0 amide bonds. The van der Waals surface area contributed by atoms with Crippen molar-refractivity contribution in [3.63, 3.8) is 0 Å². The molecule has 0 bridgehead atoms. The van der Waals surface area contributed by atoms with Crippen LogP contribution in [0.3, 0.4) is 0 Å². The smallest absolute Gasteiger partial charge is 0.201 e. The number of ether oxygens (including phenoxy) is 1. The Morgan fingerprint density at radius 1 is 1.44 bits per heavy atom. The minimum absolute atomic E-state index is 0.0831. The van der Waals surface area contributed by atoms with Gasteiger partial charge in [-0.1, -0.05) is 0 Å². The molecule has 0 aliphatic carbocycles. The lowest BCUT2D eigenvalue weighted by Crippen LogP contribution is -2.15. The summed E-state index contributed by atoms with van der Waals surface area (Å²) in [6.07, 6.45) is 0. The first kappa shape index (κ1) is 12.8. The molecule has 1 aromatic heterocycles. The van der Waals surface area contributed by atoms with Gasteiger partial charge < -0.3 is 15.0 Å². The Morgan fingerprint density at radius 3 is 2.83 bits per heavy atom. The molecule has 1 atom stereocenters. The molecule has 6 heteroatoms. The van der Waals surface area contributed by atoms with E-state index >= 15 is 0 Å². The molecule has 0 saturated heterocycles. The molecule has 0 fully saturated rings. The number of halogens is 2. The van der Waals surface area contributed by atoms with Crippen molar-refractivity contribution in [2.24, 2.45) is 0 Å². The van der Waals surface area contributed by atoms with Gasteiger partial charge in [0.05, 0.1) is 18.2 Å². The number of benzene rings is 1. The molecule has 1 aromatic carbocycles. The van der Waals surface area contributed by atoms with Gasteiger partial charge in [-0.05, 0) is 26.0 Å². The third kappa shape index (κ3) is 2.03. The van der Waals surface area contributed by atoms with Crippen molar-refractivity contribution in [1.29, 1.82) is 0 Å². The maximum Gasteiger partial charge on any atom is 0.201 e. The largest absolute Gasteiger partial charge is 0.380 e. The molecule has 0 aliphatic heterocycles. The maximum atomic E-state index is 13.8. The fourth-order valence-electron chi connectivity index (χ4n) is 1.95. The van der Waals surface area contributed by atoms with Crippen LogP contribution < -0.4 is 5.73 Å². The highest BCUT2D eigenvalue weighted by Gasteiger charge is 2.19. The zero-order chi connectivity index (χ0) is 13.3. The molecule has 0 aliphatic rings. The molecule has 0 spiro atoms. The van der Waals surface area contributed by atoms with Crippen LogP contribution in [0.4, 0.5) is 14.7 Å². The zero-order valence-corrected chi connectivity index (χ0v) is 10.3. The molecular weight excluding hydrogens is 240 g/mol. The molecule has 0 saturated carbocycles. The summed E-state index contributed by atoms with van der Waals surface area (Å²) in [4.78, 5) is 4.02. The van der Waals surface area contributed by atoms with Crippen LogP contribution in [-0.2, 0) is 4.74 Å². The monoisotopic (exact) mass is 255 g/mol. The molecule has 2 rings (SSSR count). The van der Waals surface area contributed by atoms with Gasteiger partial charge in [0.1, 0.15) is 5.52 Å². The Balaban J connectivity index is 2.55. The van der Waals surface area contributed by atoms with Crippen molar-refractivity contribution in [3.05, 3.63) is 23.8 Å². The van der Waals surface area contributed by atoms with Gasteiger partial charge in [-0.3, -0.25) is 0 Å². The molecule has 1 unspecified atom stereocenters. The first-order valence-electron chi connectivity index (χ1n) is 5.75. The number of imidazole rings is 1. The summed E-state index contributed by atoms with van der Waals surface area (Å²) in [5, 5.41) is 0. The zero-order valence-electron chi connectivity index (χ0n) is 10.3. The number of nitrogens with zero attached hydrogens (tertiary/aromatic N) is 2. The number of hydrogen-bond acceptors (Lipinski definition) is 3. The number of rotatable bonds is 4. The molecule has 18 heavy (non-hydrogen) atoms. The lowest BCUT2D eigenvalue weighted by molar-refractivity contribution is 0.120. The fourth-order valence-corrected chi connectivity index (χ4v) is 1.95. The summed E-state index contributed by atoms with van der Waals surface area (Å²) in [6, 6.07) is 2.24. The topological polar surface area (TPSA) is 53.1 Å². The Labute approximate surface area is 103 Å². The molecule has 1 heterocycles. The van der Waals surface area contributed by atoms with Gasteiger partial charge in [0.2, 0.25) is 5.95 Å². The molecule has 2 N–H and O–H groups in total. The van der Waals surface area contributed by atoms with Crippen LogP contribution in [0, 0.1) is 11.6 Å². The van der Waals surface area contributed by atoms with E-state index in [1.807, 2.05) is 13.8 Å². The van der Waals surface area contributed by atoms with E-state index < -0.39 is 11.6 Å². The summed E-state index contributed by atoms with van der Waals surface area (Å²) in [5.74, 6) is -1.69. The number of anilines is 1. The van der Waals surface area contributed by atoms with Gasteiger partial charge in [-0.25, -0.2) is 13.8 Å². The SMILES string of the molecule is CCOCC(C)n1c(N)nc2ccc(F)c(F)c21. The van der Waals surface area contributed by atoms with Gasteiger partial charge in [-0.15, -0.1) is 0 Å². The molecule has 4 nitrogen and oxygen atoms in total. The van der Waals surface area contributed by atoms with E-state index in [-0.39, 0.29) is 17.5 Å². The van der Waals surface area contributed by atoms with Crippen LogP contribution in [0.1, 0.15) is 19.9 Å². The third-order valence-corrected chi connectivity index (χ3v) is 2.77.